The third kappa shape index (κ3) is 4.54. The molecule has 170 valence electrons. The number of thioether (sulfide) groups is 1. The maximum Gasteiger partial charge on any atom is 0.297 e. The molecule has 7 nitrogen and oxygen atoms in total. The second kappa shape index (κ2) is 9.41. The molecule has 3 heterocycles. The Morgan fingerprint density at radius 3 is 2.79 bits per heavy atom. The molecule has 1 aliphatic heterocycles. The maximum atomic E-state index is 13.4. The lowest BCUT2D eigenvalue weighted by Gasteiger charge is -2.15. The van der Waals surface area contributed by atoms with E-state index in [1.165, 1.54) is 17.3 Å². The lowest BCUT2D eigenvalue weighted by Crippen LogP contribution is -2.29. The molecular formula is C25H25N3O4S. The Morgan fingerprint density at radius 1 is 1.21 bits per heavy atom. The number of fused-ring (bicyclic) bond motifs is 3. The van der Waals surface area contributed by atoms with Crippen LogP contribution < -0.4 is 10.9 Å². The standard InChI is InChI=1S/C25H25N3O4S/c1-2-16-9-11-17(12-10-16)26-21(29)15-33-25-27-22-19-7-3-4-8-20(19)32-23(22)24(30)28(25)14-18-6-5-13-31-18/h3-4,7-12,18H,2,5-6,13-15H2,1H3,(H,26,29)/t18-/m1/s1. The summed E-state index contributed by atoms with van der Waals surface area (Å²) in [7, 11) is 0. The van der Waals surface area contributed by atoms with Crippen LogP contribution in [0, 0.1) is 0 Å². The fourth-order valence-corrected chi connectivity index (χ4v) is 4.87. The van der Waals surface area contributed by atoms with Crippen LogP contribution in [0.5, 0.6) is 0 Å². The second-order valence-corrected chi connectivity index (χ2v) is 9.05. The van der Waals surface area contributed by atoms with Crippen molar-refractivity contribution in [2.45, 2.75) is 44.0 Å². The van der Waals surface area contributed by atoms with Crippen molar-refractivity contribution in [3.8, 4) is 0 Å². The van der Waals surface area contributed by atoms with Gasteiger partial charge in [-0.3, -0.25) is 14.2 Å². The number of ether oxygens (including phenoxy) is 1. The quantitative estimate of drug-likeness (QED) is 0.318. The summed E-state index contributed by atoms with van der Waals surface area (Å²) in [5.74, 6) is -0.0197. The molecule has 8 heteroatoms. The van der Waals surface area contributed by atoms with Gasteiger partial charge in [-0.15, -0.1) is 0 Å². The van der Waals surface area contributed by atoms with Gasteiger partial charge in [0, 0.05) is 17.7 Å². The van der Waals surface area contributed by atoms with E-state index in [9.17, 15) is 9.59 Å². The number of nitrogens with zero attached hydrogens (tertiary/aromatic N) is 2. The predicted molar refractivity (Wildman–Crippen MR) is 130 cm³/mol. The Hall–Kier alpha value is -3.10. The topological polar surface area (TPSA) is 86.4 Å². The molecular weight excluding hydrogens is 438 g/mol. The molecule has 1 amide bonds. The van der Waals surface area contributed by atoms with Crippen LogP contribution in [0.1, 0.15) is 25.3 Å². The molecule has 0 spiro atoms. The first-order valence-electron chi connectivity index (χ1n) is 11.2. The van der Waals surface area contributed by atoms with Crippen LogP contribution in [0.3, 0.4) is 0 Å². The molecule has 5 rings (SSSR count). The van der Waals surface area contributed by atoms with Crippen LogP contribution in [0.25, 0.3) is 22.1 Å². The van der Waals surface area contributed by atoms with Crippen molar-refractivity contribution in [3.05, 3.63) is 64.4 Å². The number of furan rings is 1. The number of anilines is 1. The normalized spacial score (nSPS) is 16.0. The van der Waals surface area contributed by atoms with Gasteiger partial charge in [0.2, 0.25) is 11.5 Å². The Kier molecular flexibility index (Phi) is 6.20. The minimum Gasteiger partial charge on any atom is -0.448 e. The number of nitrogens with one attached hydrogen (secondary N) is 1. The van der Waals surface area contributed by atoms with Gasteiger partial charge >= 0.3 is 0 Å². The van der Waals surface area contributed by atoms with Crippen molar-refractivity contribution < 1.29 is 13.9 Å². The van der Waals surface area contributed by atoms with E-state index >= 15 is 0 Å². The van der Waals surface area contributed by atoms with Crippen molar-refractivity contribution in [1.29, 1.82) is 0 Å². The number of aromatic nitrogens is 2. The van der Waals surface area contributed by atoms with Gasteiger partial charge in [-0.05, 0) is 49.1 Å². The zero-order chi connectivity index (χ0) is 22.8. The molecule has 1 atom stereocenters. The van der Waals surface area contributed by atoms with Gasteiger partial charge in [-0.2, -0.15) is 0 Å². The van der Waals surface area contributed by atoms with E-state index in [2.05, 4.69) is 12.2 Å². The monoisotopic (exact) mass is 463 g/mol. The summed E-state index contributed by atoms with van der Waals surface area (Å²) >= 11 is 1.25. The molecule has 33 heavy (non-hydrogen) atoms. The van der Waals surface area contributed by atoms with E-state index < -0.39 is 0 Å². The van der Waals surface area contributed by atoms with Crippen LogP contribution in [0.15, 0.2) is 62.9 Å². The molecule has 2 aromatic carbocycles. The Bertz CT molecular complexity index is 1350. The van der Waals surface area contributed by atoms with E-state index in [0.29, 0.717) is 29.4 Å². The largest absolute Gasteiger partial charge is 0.448 e. The zero-order valence-electron chi connectivity index (χ0n) is 18.4. The molecule has 0 saturated carbocycles. The van der Waals surface area contributed by atoms with E-state index in [1.807, 2.05) is 48.5 Å². The first-order valence-corrected chi connectivity index (χ1v) is 12.2. The Labute approximate surface area is 195 Å². The summed E-state index contributed by atoms with van der Waals surface area (Å²) in [5.41, 5.74) is 3.10. The first kappa shape index (κ1) is 21.7. The number of aryl methyl sites for hydroxylation is 1. The lowest BCUT2D eigenvalue weighted by atomic mass is 10.1. The minimum atomic E-state index is -0.246. The van der Waals surface area contributed by atoms with Crippen molar-refractivity contribution in [1.82, 2.24) is 9.55 Å². The number of carbonyl (C=O) groups is 1. The van der Waals surface area contributed by atoms with Gasteiger partial charge in [-0.25, -0.2) is 4.98 Å². The number of amides is 1. The number of benzene rings is 2. The first-order chi connectivity index (χ1) is 16.1. The summed E-state index contributed by atoms with van der Waals surface area (Å²) in [6.07, 6.45) is 2.77. The molecule has 0 unspecified atom stereocenters. The van der Waals surface area contributed by atoms with Gasteiger partial charge in [0.05, 0.1) is 18.4 Å². The van der Waals surface area contributed by atoms with Gasteiger partial charge in [0.25, 0.3) is 5.56 Å². The van der Waals surface area contributed by atoms with Crippen molar-refractivity contribution >= 4 is 45.4 Å². The van der Waals surface area contributed by atoms with Gasteiger partial charge in [0.1, 0.15) is 11.1 Å². The van der Waals surface area contributed by atoms with Gasteiger partial charge in [0.15, 0.2) is 5.16 Å². The maximum absolute atomic E-state index is 13.4. The highest BCUT2D eigenvalue weighted by molar-refractivity contribution is 7.99. The lowest BCUT2D eigenvalue weighted by molar-refractivity contribution is -0.113. The van der Waals surface area contributed by atoms with Gasteiger partial charge < -0.3 is 14.5 Å². The summed E-state index contributed by atoms with van der Waals surface area (Å²) in [6, 6.07) is 15.3. The van der Waals surface area contributed by atoms with E-state index in [1.54, 1.807) is 4.57 Å². The second-order valence-electron chi connectivity index (χ2n) is 8.11. The average Bonchev–Trinajstić information content (AvgIpc) is 3.48. The summed E-state index contributed by atoms with van der Waals surface area (Å²) < 4.78 is 13.2. The molecule has 1 N–H and O–H groups in total. The summed E-state index contributed by atoms with van der Waals surface area (Å²) in [4.78, 5) is 30.7. The third-order valence-electron chi connectivity index (χ3n) is 5.84. The smallest absolute Gasteiger partial charge is 0.297 e. The summed E-state index contributed by atoms with van der Waals surface area (Å²) in [6.45, 7) is 3.18. The highest BCUT2D eigenvalue weighted by Gasteiger charge is 2.23. The molecule has 0 aliphatic carbocycles. The van der Waals surface area contributed by atoms with E-state index in [0.717, 1.165) is 30.3 Å². The summed E-state index contributed by atoms with van der Waals surface area (Å²) in [5, 5.41) is 4.19. The van der Waals surface area contributed by atoms with E-state index in [4.69, 9.17) is 14.1 Å². The van der Waals surface area contributed by atoms with Crippen molar-refractivity contribution in [2.24, 2.45) is 0 Å². The van der Waals surface area contributed by atoms with Crippen molar-refractivity contribution in [3.63, 3.8) is 0 Å². The predicted octanol–water partition coefficient (Wildman–Crippen LogP) is 4.61. The highest BCUT2D eigenvalue weighted by Crippen LogP contribution is 2.28. The Morgan fingerprint density at radius 2 is 2.03 bits per heavy atom. The SMILES string of the molecule is CCc1ccc(NC(=O)CSc2nc3c(oc4ccccc43)c(=O)n2C[C@H]2CCCO2)cc1. The molecule has 0 bridgehead atoms. The number of rotatable bonds is 7. The van der Waals surface area contributed by atoms with Gasteiger partial charge in [-0.1, -0.05) is 43.0 Å². The zero-order valence-corrected chi connectivity index (χ0v) is 19.2. The van der Waals surface area contributed by atoms with Crippen LogP contribution in [-0.2, 0) is 22.5 Å². The number of hydrogen-bond acceptors (Lipinski definition) is 6. The molecule has 4 aromatic rings. The molecule has 2 aromatic heterocycles. The van der Waals surface area contributed by atoms with Crippen LogP contribution in [0.2, 0.25) is 0 Å². The van der Waals surface area contributed by atoms with E-state index in [-0.39, 0.29) is 28.9 Å². The highest BCUT2D eigenvalue weighted by atomic mass is 32.2. The van der Waals surface area contributed by atoms with Crippen LogP contribution in [-0.4, -0.2) is 33.9 Å². The Balaban J connectivity index is 1.43. The minimum absolute atomic E-state index is 0.0448. The molecule has 1 fully saturated rings. The fraction of sp³-hybridized carbons (Fsp3) is 0.320. The van der Waals surface area contributed by atoms with Crippen LogP contribution >= 0.6 is 11.8 Å². The third-order valence-corrected chi connectivity index (χ3v) is 6.81. The fourth-order valence-electron chi connectivity index (χ4n) is 4.07. The van der Waals surface area contributed by atoms with Crippen molar-refractivity contribution in [2.75, 3.05) is 17.7 Å². The average molecular weight is 464 g/mol. The number of carbonyl (C=O) groups excluding carboxylic acids is 1. The molecule has 0 radical (unpaired) electrons. The molecule has 1 saturated heterocycles. The molecule has 1 aliphatic rings. The number of para-hydroxylation sites is 1. The van der Waals surface area contributed by atoms with Crippen LogP contribution in [0.4, 0.5) is 5.69 Å². The number of hydrogen-bond donors (Lipinski definition) is 1.